The Kier molecular flexibility index (Phi) is 6.91. The number of benzene rings is 3. The van der Waals surface area contributed by atoms with E-state index >= 15 is 0 Å². The number of aromatic nitrogens is 2. The molecule has 0 saturated carbocycles. The molecule has 170 valence electrons. The van der Waals surface area contributed by atoms with E-state index in [4.69, 9.17) is 32.9 Å². The quantitative estimate of drug-likeness (QED) is 0.326. The highest BCUT2D eigenvalue weighted by atomic mass is 35.5. The van der Waals surface area contributed by atoms with Crippen LogP contribution in [0.15, 0.2) is 60.7 Å². The molecule has 0 spiro atoms. The number of fused-ring (bicyclic) bond motifs is 1. The molecular formula is C26H25Cl2N3O2. The number of halogens is 2. The van der Waals surface area contributed by atoms with Crippen molar-refractivity contribution in [2.75, 3.05) is 6.61 Å². The van der Waals surface area contributed by atoms with E-state index in [1.807, 2.05) is 57.2 Å². The van der Waals surface area contributed by atoms with Crippen LogP contribution >= 0.6 is 23.2 Å². The summed E-state index contributed by atoms with van der Waals surface area (Å²) in [6, 6.07) is 18.3. The number of para-hydroxylation sites is 2. The summed E-state index contributed by atoms with van der Waals surface area (Å²) in [6.45, 7) is 6.89. The Hall–Kier alpha value is -3.02. The van der Waals surface area contributed by atoms with Crippen LogP contribution in [0.25, 0.3) is 11.0 Å². The molecule has 1 aromatic heterocycles. The topological polar surface area (TPSA) is 56.1 Å². The average molecular weight is 482 g/mol. The molecule has 3 aromatic carbocycles. The first-order valence-corrected chi connectivity index (χ1v) is 11.5. The third-order valence-corrected chi connectivity index (χ3v) is 6.37. The number of amides is 1. The molecule has 0 aliphatic heterocycles. The molecule has 0 saturated heterocycles. The minimum atomic E-state index is -0.305. The molecule has 0 fully saturated rings. The monoisotopic (exact) mass is 481 g/mol. The van der Waals surface area contributed by atoms with Crippen LogP contribution in [-0.4, -0.2) is 22.1 Å². The van der Waals surface area contributed by atoms with E-state index in [9.17, 15) is 4.79 Å². The van der Waals surface area contributed by atoms with E-state index in [1.54, 1.807) is 24.3 Å². The maximum absolute atomic E-state index is 12.7. The molecule has 1 amide bonds. The lowest BCUT2D eigenvalue weighted by atomic mass is 10.1. The van der Waals surface area contributed by atoms with Crippen molar-refractivity contribution >= 4 is 40.1 Å². The van der Waals surface area contributed by atoms with Crippen molar-refractivity contribution in [2.45, 2.75) is 33.4 Å². The van der Waals surface area contributed by atoms with E-state index in [0.29, 0.717) is 23.7 Å². The van der Waals surface area contributed by atoms with E-state index in [0.717, 1.165) is 38.8 Å². The largest absolute Gasteiger partial charge is 0.492 e. The summed E-state index contributed by atoms with van der Waals surface area (Å²) in [5.74, 6) is 1.37. The number of carbonyl (C=O) groups excluding carboxylic acids is 1. The molecule has 1 N–H and O–H groups in total. The van der Waals surface area contributed by atoms with Crippen LogP contribution < -0.4 is 10.1 Å². The minimum absolute atomic E-state index is 0.180. The fourth-order valence-corrected chi connectivity index (χ4v) is 4.08. The number of nitrogens with zero attached hydrogens (tertiary/aromatic N) is 2. The first-order valence-electron chi connectivity index (χ1n) is 10.7. The second-order valence-electron chi connectivity index (χ2n) is 8.03. The smallest absolute Gasteiger partial charge is 0.251 e. The summed E-state index contributed by atoms with van der Waals surface area (Å²) < 4.78 is 8.13. The first kappa shape index (κ1) is 23.1. The lowest BCUT2D eigenvalue weighted by Crippen LogP contribution is -2.29. The lowest BCUT2D eigenvalue weighted by Gasteiger charge is -2.17. The molecule has 1 heterocycles. The molecular weight excluding hydrogens is 457 g/mol. The van der Waals surface area contributed by atoms with Gasteiger partial charge >= 0.3 is 0 Å². The normalized spacial score (nSPS) is 12.0. The van der Waals surface area contributed by atoms with E-state index in [2.05, 4.69) is 9.88 Å². The fraction of sp³-hybridized carbons (Fsp3) is 0.231. The lowest BCUT2D eigenvalue weighted by molar-refractivity contribution is 0.0937. The van der Waals surface area contributed by atoms with Gasteiger partial charge in [0.05, 0.1) is 23.6 Å². The second kappa shape index (κ2) is 9.86. The van der Waals surface area contributed by atoms with Crippen molar-refractivity contribution in [3.05, 3.63) is 93.2 Å². The third-order valence-electron chi connectivity index (χ3n) is 5.52. The van der Waals surface area contributed by atoms with Crippen LogP contribution in [0.3, 0.4) is 0 Å². The van der Waals surface area contributed by atoms with Crippen LogP contribution in [-0.2, 0) is 6.54 Å². The standard InChI is InChI=1S/C26H25Cl2N3O2/c1-16-14-21(15-17(2)24(16)28)33-13-12-31-23-7-5-4-6-22(23)30-25(31)18(3)29-26(32)19-8-10-20(27)11-9-19/h4-11,14-15,18H,12-13H2,1-3H3,(H,29,32). The van der Waals surface area contributed by atoms with Gasteiger partial charge in [0.15, 0.2) is 0 Å². The summed E-state index contributed by atoms with van der Waals surface area (Å²) in [5.41, 5.74) is 4.38. The number of hydrogen-bond acceptors (Lipinski definition) is 3. The molecule has 0 radical (unpaired) electrons. The Bertz CT molecular complexity index is 1280. The zero-order valence-electron chi connectivity index (χ0n) is 18.7. The van der Waals surface area contributed by atoms with Gasteiger partial charge in [0.1, 0.15) is 18.2 Å². The summed E-state index contributed by atoms with van der Waals surface area (Å²) >= 11 is 12.2. The molecule has 4 aromatic rings. The van der Waals surface area contributed by atoms with Crippen molar-refractivity contribution in [1.29, 1.82) is 0 Å². The van der Waals surface area contributed by atoms with Crippen molar-refractivity contribution in [3.63, 3.8) is 0 Å². The highest BCUT2D eigenvalue weighted by Gasteiger charge is 2.19. The van der Waals surface area contributed by atoms with Crippen molar-refractivity contribution < 1.29 is 9.53 Å². The predicted octanol–water partition coefficient (Wildman–Crippen LogP) is 6.53. The Labute approximate surface area is 203 Å². The molecule has 33 heavy (non-hydrogen) atoms. The summed E-state index contributed by atoms with van der Waals surface area (Å²) in [5, 5.41) is 4.39. The zero-order chi connectivity index (χ0) is 23.5. The van der Waals surface area contributed by atoms with Crippen LogP contribution in [0.4, 0.5) is 0 Å². The minimum Gasteiger partial charge on any atom is -0.492 e. The molecule has 7 heteroatoms. The number of imidazole rings is 1. The van der Waals surface area contributed by atoms with Crippen LogP contribution in [0.2, 0.25) is 10.0 Å². The van der Waals surface area contributed by atoms with E-state index in [-0.39, 0.29) is 11.9 Å². The summed E-state index contributed by atoms with van der Waals surface area (Å²) in [4.78, 5) is 17.5. The van der Waals surface area contributed by atoms with Gasteiger partial charge in [0.2, 0.25) is 0 Å². The number of carbonyl (C=O) groups is 1. The van der Waals surface area contributed by atoms with Gasteiger partial charge in [0, 0.05) is 15.6 Å². The Balaban J connectivity index is 1.54. The molecule has 4 rings (SSSR count). The maximum Gasteiger partial charge on any atom is 0.251 e. The number of hydrogen-bond donors (Lipinski definition) is 1. The Morgan fingerprint density at radius 1 is 1.06 bits per heavy atom. The zero-order valence-corrected chi connectivity index (χ0v) is 20.2. The third kappa shape index (κ3) is 5.15. The van der Waals surface area contributed by atoms with Gasteiger partial charge in [-0.15, -0.1) is 0 Å². The number of aryl methyl sites for hydroxylation is 2. The summed E-state index contributed by atoms with van der Waals surface area (Å²) in [6.07, 6.45) is 0. The van der Waals surface area contributed by atoms with Crippen LogP contribution in [0.5, 0.6) is 5.75 Å². The molecule has 5 nitrogen and oxygen atoms in total. The van der Waals surface area contributed by atoms with Crippen molar-refractivity contribution in [1.82, 2.24) is 14.9 Å². The number of rotatable bonds is 7. The second-order valence-corrected chi connectivity index (χ2v) is 8.85. The molecule has 0 aliphatic rings. The van der Waals surface area contributed by atoms with Gasteiger partial charge in [-0.25, -0.2) is 4.98 Å². The SMILES string of the molecule is Cc1cc(OCCn2c(C(C)NC(=O)c3ccc(Cl)cc3)nc3ccccc32)cc(C)c1Cl. The molecule has 1 atom stereocenters. The van der Waals surface area contributed by atoms with Crippen LogP contribution in [0.1, 0.15) is 40.3 Å². The Morgan fingerprint density at radius 2 is 1.73 bits per heavy atom. The van der Waals surface area contributed by atoms with Gasteiger partial charge in [-0.3, -0.25) is 4.79 Å². The number of nitrogens with one attached hydrogen (secondary N) is 1. The predicted molar refractivity (Wildman–Crippen MR) is 133 cm³/mol. The van der Waals surface area contributed by atoms with Gasteiger partial charge in [-0.1, -0.05) is 35.3 Å². The van der Waals surface area contributed by atoms with Gasteiger partial charge in [-0.05, 0) is 80.4 Å². The molecule has 0 bridgehead atoms. The van der Waals surface area contributed by atoms with E-state index in [1.165, 1.54) is 0 Å². The van der Waals surface area contributed by atoms with Crippen LogP contribution in [0, 0.1) is 13.8 Å². The highest BCUT2D eigenvalue weighted by molar-refractivity contribution is 6.32. The first-order chi connectivity index (χ1) is 15.8. The maximum atomic E-state index is 12.7. The molecule has 0 aliphatic carbocycles. The summed E-state index contributed by atoms with van der Waals surface area (Å²) in [7, 11) is 0. The number of ether oxygens (including phenoxy) is 1. The van der Waals surface area contributed by atoms with Gasteiger partial charge in [0.25, 0.3) is 5.91 Å². The highest BCUT2D eigenvalue weighted by Crippen LogP contribution is 2.26. The Morgan fingerprint density at radius 3 is 2.42 bits per heavy atom. The van der Waals surface area contributed by atoms with E-state index < -0.39 is 0 Å². The van der Waals surface area contributed by atoms with Gasteiger partial charge in [-0.2, -0.15) is 0 Å². The fourth-order valence-electron chi connectivity index (χ4n) is 3.85. The van der Waals surface area contributed by atoms with Crippen molar-refractivity contribution in [2.24, 2.45) is 0 Å². The van der Waals surface area contributed by atoms with Crippen molar-refractivity contribution in [3.8, 4) is 5.75 Å². The molecule has 1 unspecified atom stereocenters. The van der Waals surface area contributed by atoms with Gasteiger partial charge < -0.3 is 14.6 Å². The average Bonchev–Trinajstić information content (AvgIpc) is 3.16.